The molecule has 4 heteroatoms. The fourth-order valence-electron chi connectivity index (χ4n) is 2.39. The Hall–Kier alpha value is -0.840. The Balaban J connectivity index is 2.30. The Kier molecular flexibility index (Phi) is 5.85. The van der Waals surface area contributed by atoms with Crippen LogP contribution in [0.15, 0.2) is 40.2 Å². The van der Waals surface area contributed by atoms with Crippen molar-refractivity contribution in [3.63, 3.8) is 0 Å². The number of benzene rings is 1. The van der Waals surface area contributed by atoms with Crippen LogP contribution in [0.25, 0.3) is 0 Å². The largest absolute Gasteiger partial charge is 0.367 e. The molecule has 2 atom stereocenters. The van der Waals surface area contributed by atoms with Crippen LogP contribution in [0.3, 0.4) is 0 Å². The van der Waals surface area contributed by atoms with Gasteiger partial charge in [0.15, 0.2) is 0 Å². The van der Waals surface area contributed by atoms with Crippen LogP contribution >= 0.6 is 27.3 Å². The zero-order valence-electron chi connectivity index (χ0n) is 12.8. The summed E-state index contributed by atoms with van der Waals surface area (Å²) in [5.41, 5.74) is 8.73. The molecule has 114 valence electrons. The highest BCUT2D eigenvalue weighted by molar-refractivity contribution is 9.10. The molecule has 2 unspecified atom stereocenters. The highest BCUT2D eigenvalue weighted by Crippen LogP contribution is 2.33. The first-order valence-electron chi connectivity index (χ1n) is 7.33. The fourth-order valence-corrected chi connectivity index (χ4v) is 3.57. The van der Waals surface area contributed by atoms with Gasteiger partial charge in [-0.1, -0.05) is 35.0 Å². The number of rotatable bonds is 6. The van der Waals surface area contributed by atoms with Gasteiger partial charge in [-0.3, -0.25) is 0 Å². The molecule has 2 rings (SSSR count). The lowest BCUT2D eigenvalue weighted by molar-refractivity contribution is 0.642. The molecule has 0 saturated heterocycles. The van der Waals surface area contributed by atoms with E-state index in [-0.39, 0.29) is 6.04 Å². The summed E-state index contributed by atoms with van der Waals surface area (Å²) in [6.07, 6.45) is 1.92. The molecule has 0 bridgehead atoms. The van der Waals surface area contributed by atoms with E-state index in [1.165, 1.54) is 16.1 Å². The highest BCUT2D eigenvalue weighted by Gasteiger charge is 2.17. The molecule has 0 saturated carbocycles. The smallest absolute Gasteiger partial charge is 0.0603 e. The van der Waals surface area contributed by atoms with Crippen molar-refractivity contribution in [2.24, 2.45) is 5.73 Å². The molecule has 1 aromatic heterocycles. The van der Waals surface area contributed by atoms with Crippen LogP contribution in [-0.2, 0) is 6.42 Å². The standard InChI is InChI=1S/C17H23BrN2S/c1-4-15(19)10-13-7-8-14(18)11-16(13)20(3)12(2)17-6-5-9-21-17/h5-9,11-12,15H,4,10,19H2,1-3H3. The van der Waals surface area contributed by atoms with E-state index in [0.717, 1.165) is 17.3 Å². The second kappa shape index (κ2) is 7.43. The van der Waals surface area contributed by atoms with Gasteiger partial charge in [-0.05, 0) is 48.9 Å². The summed E-state index contributed by atoms with van der Waals surface area (Å²) in [5, 5.41) is 2.13. The van der Waals surface area contributed by atoms with Crippen molar-refractivity contribution in [3.8, 4) is 0 Å². The molecule has 0 radical (unpaired) electrons. The molecule has 0 fully saturated rings. The van der Waals surface area contributed by atoms with Gasteiger partial charge in [-0.15, -0.1) is 11.3 Å². The monoisotopic (exact) mass is 366 g/mol. The molecule has 0 aliphatic rings. The Morgan fingerprint density at radius 1 is 1.33 bits per heavy atom. The number of anilines is 1. The highest BCUT2D eigenvalue weighted by atomic mass is 79.9. The van der Waals surface area contributed by atoms with Crippen LogP contribution in [0.2, 0.25) is 0 Å². The van der Waals surface area contributed by atoms with Crippen molar-refractivity contribution in [1.29, 1.82) is 0 Å². The molecule has 21 heavy (non-hydrogen) atoms. The van der Waals surface area contributed by atoms with Crippen LogP contribution in [0.1, 0.15) is 36.8 Å². The first-order chi connectivity index (χ1) is 10.0. The van der Waals surface area contributed by atoms with Gasteiger partial charge in [-0.25, -0.2) is 0 Å². The molecule has 1 heterocycles. The SMILES string of the molecule is CCC(N)Cc1ccc(Br)cc1N(C)C(C)c1cccs1. The lowest BCUT2D eigenvalue weighted by Crippen LogP contribution is -2.26. The number of halogens is 1. The number of nitrogens with zero attached hydrogens (tertiary/aromatic N) is 1. The van der Waals surface area contributed by atoms with Crippen LogP contribution in [-0.4, -0.2) is 13.1 Å². The van der Waals surface area contributed by atoms with Crippen LogP contribution in [0.5, 0.6) is 0 Å². The predicted molar refractivity (Wildman–Crippen MR) is 97.2 cm³/mol. The van der Waals surface area contributed by atoms with E-state index in [1.807, 2.05) is 0 Å². The van der Waals surface area contributed by atoms with Crippen LogP contribution < -0.4 is 10.6 Å². The third-order valence-corrected chi connectivity index (χ3v) is 5.51. The summed E-state index contributed by atoms with van der Waals surface area (Å²) in [7, 11) is 2.16. The maximum absolute atomic E-state index is 6.15. The van der Waals surface area contributed by atoms with Gasteiger partial charge in [0, 0.05) is 28.1 Å². The lowest BCUT2D eigenvalue weighted by atomic mass is 10.0. The van der Waals surface area contributed by atoms with Crippen molar-refractivity contribution in [1.82, 2.24) is 0 Å². The Bertz CT molecular complexity index is 568. The third-order valence-electron chi connectivity index (χ3n) is 3.97. The van der Waals surface area contributed by atoms with Crippen molar-refractivity contribution < 1.29 is 0 Å². The first kappa shape index (κ1) is 16.5. The Morgan fingerprint density at radius 2 is 2.10 bits per heavy atom. The van der Waals surface area contributed by atoms with Crippen LogP contribution in [0.4, 0.5) is 5.69 Å². The average molecular weight is 367 g/mol. The number of thiophene rings is 1. The molecule has 0 aliphatic heterocycles. The van der Waals surface area contributed by atoms with Gasteiger partial charge < -0.3 is 10.6 Å². The first-order valence-corrected chi connectivity index (χ1v) is 9.00. The van der Waals surface area contributed by atoms with Gasteiger partial charge >= 0.3 is 0 Å². The van der Waals surface area contributed by atoms with E-state index in [0.29, 0.717) is 6.04 Å². The number of nitrogens with two attached hydrogens (primary N) is 1. The quantitative estimate of drug-likeness (QED) is 0.780. The summed E-state index contributed by atoms with van der Waals surface area (Å²) in [6, 6.07) is 11.4. The van der Waals surface area contributed by atoms with Gasteiger partial charge in [0.2, 0.25) is 0 Å². The molecule has 1 aromatic carbocycles. The second-order valence-electron chi connectivity index (χ2n) is 5.45. The molecule has 2 aromatic rings. The van der Waals surface area contributed by atoms with Crippen molar-refractivity contribution in [2.45, 2.75) is 38.8 Å². The molecule has 2 nitrogen and oxygen atoms in total. The van der Waals surface area contributed by atoms with Gasteiger partial charge in [-0.2, -0.15) is 0 Å². The van der Waals surface area contributed by atoms with Crippen molar-refractivity contribution in [3.05, 3.63) is 50.6 Å². The minimum absolute atomic E-state index is 0.218. The van der Waals surface area contributed by atoms with Crippen molar-refractivity contribution >= 4 is 33.0 Å². The van der Waals surface area contributed by atoms with Gasteiger partial charge in [0.25, 0.3) is 0 Å². The van der Waals surface area contributed by atoms with Gasteiger partial charge in [0.1, 0.15) is 0 Å². The van der Waals surface area contributed by atoms with E-state index >= 15 is 0 Å². The van der Waals surface area contributed by atoms with E-state index in [1.54, 1.807) is 11.3 Å². The molecular weight excluding hydrogens is 344 g/mol. The Labute approximate surface area is 140 Å². The van der Waals surface area contributed by atoms with Crippen LogP contribution in [0, 0.1) is 0 Å². The summed E-state index contributed by atoms with van der Waals surface area (Å²) in [4.78, 5) is 3.72. The molecule has 2 N–H and O–H groups in total. The zero-order chi connectivity index (χ0) is 15.4. The van der Waals surface area contributed by atoms with E-state index in [4.69, 9.17) is 5.73 Å². The maximum atomic E-state index is 6.15. The minimum atomic E-state index is 0.218. The summed E-state index contributed by atoms with van der Waals surface area (Å²) >= 11 is 5.39. The average Bonchev–Trinajstić information content (AvgIpc) is 3.01. The minimum Gasteiger partial charge on any atom is -0.367 e. The predicted octanol–water partition coefficient (Wildman–Crippen LogP) is 4.99. The fraction of sp³-hybridized carbons (Fsp3) is 0.412. The topological polar surface area (TPSA) is 29.3 Å². The summed E-state index contributed by atoms with van der Waals surface area (Å²) in [5.74, 6) is 0. The van der Waals surface area contributed by atoms with Crippen molar-refractivity contribution in [2.75, 3.05) is 11.9 Å². The van der Waals surface area contributed by atoms with E-state index < -0.39 is 0 Å². The van der Waals surface area contributed by atoms with E-state index in [2.05, 4.69) is 77.4 Å². The molecule has 0 spiro atoms. The number of hydrogen-bond donors (Lipinski definition) is 1. The Morgan fingerprint density at radius 3 is 2.71 bits per heavy atom. The summed E-state index contributed by atoms with van der Waals surface area (Å²) in [6.45, 7) is 4.39. The molecule has 0 amide bonds. The normalized spacial score (nSPS) is 14.0. The van der Waals surface area contributed by atoms with Gasteiger partial charge in [0.05, 0.1) is 6.04 Å². The zero-order valence-corrected chi connectivity index (χ0v) is 15.2. The number of hydrogen-bond acceptors (Lipinski definition) is 3. The third kappa shape index (κ3) is 4.09. The maximum Gasteiger partial charge on any atom is 0.0603 e. The summed E-state index contributed by atoms with van der Waals surface area (Å²) < 4.78 is 1.11. The molecule has 0 aliphatic carbocycles. The molecular formula is C17H23BrN2S. The lowest BCUT2D eigenvalue weighted by Gasteiger charge is -2.29. The second-order valence-corrected chi connectivity index (χ2v) is 7.34. The van der Waals surface area contributed by atoms with E-state index in [9.17, 15) is 0 Å².